The Hall–Kier alpha value is -3.30. The molecule has 1 aromatic carbocycles. The van der Waals surface area contributed by atoms with E-state index in [0.29, 0.717) is 23.5 Å². The Labute approximate surface area is 219 Å². The van der Waals surface area contributed by atoms with Gasteiger partial charge in [-0.05, 0) is 49.3 Å². The summed E-state index contributed by atoms with van der Waals surface area (Å²) in [5.74, 6) is -0.796. The topological polar surface area (TPSA) is 135 Å². The van der Waals surface area contributed by atoms with E-state index in [-0.39, 0.29) is 24.9 Å². The van der Waals surface area contributed by atoms with Gasteiger partial charge >= 0.3 is 6.03 Å². The summed E-state index contributed by atoms with van der Waals surface area (Å²) in [5, 5.41) is 11.0. The Morgan fingerprint density at radius 1 is 0.919 bits per heavy atom. The van der Waals surface area contributed by atoms with Crippen molar-refractivity contribution in [1.29, 1.82) is 0 Å². The lowest BCUT2D eigenvalue weighted by atomic mass is 9.96. The van der Waals surface area contributed by atoms with Gasteiger partial charge in [0.25, 0.3) is 5.91 Å². The van der Waals surface area contributed by atoms with Gasteiger partial charge in [-0.1, -0.05) is 40.0 Å². The van der Waals surface area contributed by atoms with Crippen LogP contribution in [-0.4, -0.2) is 56.0 Å². The fraction of sp³-hybridized carbons (Fsp3) is 0.630. The molecule has 1 aromatic rings. The van der Waals surface area contributed by atoms with Gasteiger partial charge in [-0.2, -0.15) is 0 Å². The Morgan fingerprint density at radius 3 is 2.08 bits per heavy atom. The van der Waals surface area contributed by atoms with E-state index in [1.165, 1.54) is 20.6 Å². The minimum absolute atomic E-state index is 0.0847. The summed E-state index contributed by atoms with van der Waals surface area (Å²) in [5.41, 5.74) is 0.694. The van der Waals surface area contributed by atoms with Crippen LogP contribution in [0.25, 0.3) is 0 Å². The van der Waals surface area contributed by atoms with Crippen LogP contribution < -0.4 is 30.7 Å². The summed E-state index contributed by atoms with van der Waals surface area (Å²) in [6, 6.07) is 3.05. The lowest BCUT2D eigenvalue weighted by Gasteiger charge is -2.26. The standard InChI is InChI=1S/C27H42N4O6/c1-6-22(24(32)26(34)28-16-18-13-20(36-4)15-21(14-18)37-5)30-25(33)23(12-17(2)3)31-27(35)29-19-10-8-7-9-11-19/h13-15,17,19,22-23H,6-12,16H2,1-5H3,(H,28,34)(H,30,33)(H2,29,31,35). The van der Waals surface area contributed by atoms with Crippen LogP contribution in [0.5, 0.6) is 11.5 Å². The third-order valence-electron chi connectivity index (χ3n) is 6.40. The van der Waals surface area contributed by atoms with E-state index >= 15 is 0 Å². The predicted molar refractivity (Wildman–Crippen MR) is 140 cm³/mol. The van der Waals surface area contributed by atoms with Crippen molar-refractivity contribution in [1.82, 2.24) is 21.3 Å². The number of methoxy groups -OCH3 is 2. The fourth-order valence-electron chi connectivity index (χ4n) is 4.36. The zero-order valence-electron chi connectivity index (χ0n) is 22.6. The van der Waals surface area contributed by atoms with E-state index in [9.17, 15) is 19.2 Å². The summed E-state index contributed by atoms with van der Waals surface area (Å²) in [4.78, 5) is 51.1. The number of Topliss-reactive ketones (excluding diaryl/α,β-unsaturated/α-hetero) is 1. The molecule has 1 aliphatic rings. The van der Waals surface area contributed by atoms with Gasteiger partial charge in [-0.3, -0.25) is 14.4 Å². The molecule has 0 aliphatic heterocycles. The molecule has 2 atom stereocenters. The summed E-state index contributed by atoms with van der Waals surface area (Å²) in [6.07, 6.45) is 5.82. The SMILES string of the molecule is CCC(NC(=O)C(CC(C)C)NC(=O)NC1CCCCC1)C(=O)C(=O)NCc1cc(OC)cc(OC)c1. The summed E-state index contributed by atoms with van der Waals surface area (Å²) in [6.45, 7) is 5.69. The van der Waals surface area contributed by atoms with Crippen LogP contribution in [0.4, 0.5) is 4.79 Å². The van der Waals surface area contributed by atoms with Crippen LogP contribution in [0, 0.1) is 5.92 Å². The number of ketones is 1. The van der Waals surface area contributed by atoms with Crippen molar-refractivity contribution >= 4 is 23.6 Å². The molecule has 0 bridgehead atoms. The molecule has 0 radical (unpaired) electrons. The van der Waals surface area contributed by atoms with Gasteiger partial charge in [-0.15, -0.1) is 0 Å². The van der Waals surface area contributed by atoms with Crippen LogP contribution in [-0.2, 0) is 20.9 Å². The molecule has 1 aliphatic carbocycles. The minimum Gasteiger partial charge on any atom is -0.497 e. The van der Waals surface area contributed by atoms with Gasteiger partial charge in [0, 0.05) is 18.7 Å². The maximum Gasteiger partial charge on any atom is 0.315 e. The summed E-state index contributed by atoms with van der Waals surface area (Å²) >= 11 is 0. The van der Waals surface area contributed by atoms with E-state index < -0.39 is 35.7 Å². The number of hydrogen-bond donors (Lipinski definition) is 4. The van der Waals surface area contributed by atoms with Crippen LogP contribution in [0.15, 0.2) is 18.2 Å². The van der Waals surface area contributed by atoms with Crippen molar-refractivity contribution in [3.63, 3.8) is 0 Å². The first-order chi connectivity index (χ1) is 17.7. The number of nitrogens with one attached hydrogen (secondary N) is 4. The van der Waals surface area contributed by atoms with Crippen LogP contribution in [0.3, 0.4) is 0 Å². The Bertz CT molecular complexity index is 907. The predicted octanol–water partition coefficient (Wildman–Crippen LogP) is 2.83. The van der Waals surface area contributed by atoms with Crippen molar-refractivity contribution in [2.24, 2.45) is 5.92 Å². The van der Waals surface area contributed by atoms with Crippen molar-refractivity contribution in [2.75, 3.05) is 14.2 Å². The number of carbonyl (C=O) groups is 4. The average molecular weight is 519 g/mol. The lowest BCUT2D eigenvalue weighted by molar-refractivity contribution is -0.140. The molecule has 1 saturated carbocycles. The fourth-order valence-corrected chi connectivity index (χ4v) is 4.36. The highest BCUT2D eigenvalue weighted by Gasteiger charge is 2.30. The molecule has 1 fully saturated rings. The Kier molecular flexibility index (Phi) is 12.2. The zero-order chi connectivity index (χ0) is 27.4. The van der Waals surface area contributed by atoms with Gasteiger partial charge in [0.15, 0.2) is 0 Å². The van der Waals surface area contributed by atoms with Gasteiger partial charge in [0.2, 0.25) is 11.7 Å². The van der Waals surface area contributed by atoms with Crippen LogP contribution >= 0.6 is 0 Å². The van der Waals surface area contributed by atoms with E-state index in [0.717, 1.165) is 25.7 Å². The maximum atomic E-state index is 13.1. The molecule has 2 rings (SSSR count). The first-order valence-corrected chi connectivity index (χ1v) is 13.1. The first-order valence-electron chi connectivity index (χ1n) is 13.1. The number of hydrogen-bond acceptors (Lipinski definition) is 6. The quantitative estimate of drug-likeness (QED) is 0.297. The number of benzene rings is 1. The highest BCUT2D eigenvalue weighted by Crippen LogP contribution is 2.22. The average Bonchev–Trinajstić information content (AvgIpc) is 2.89. The minimum atomic E-state index is -1.01. The van der Waals surface area contributed by atoms with Gasteiger partial charge in [0.1, 0.15) is 17.5 Å². The largest absolute Gasteiger partial charge is 0.497 e. The Balaban J connectivity index is 1.97. The number of carbonyl (C=O) groups excluding carboxylic acids is 4. The molecule has 0 saturated heterocycles. The van der Waals surface area contributed by atoms with Gasteiger partial charge < -0.3 is 30.7 Å². The van der Waals surface area contributed by atoms with E-state index in [1.54, 1.807) is 25.1 Å². The van der Waals surface area contributed by atoms with Crippen molar-refractivity contribution in [3.05, 3.63) is 23.8 Å². The van der Waals surface area contributed by atoms with Gasteiger partial charge in [0.05, 0.1) is 20.3 Å². The molecule has 4 amide bonds. The third kappa shape index (κ3) is 9.93. The molecular weight excluding hydrogens is 476 g/mol. The molecule has 10 nitrogen and oxygen atoms in total. The second-order valence-corrected chi connectivity index (χ2v) is 9.87. The molecule has 0 heterocycles. The summed E-state index contributed by atoms with van der Waals surface area (Å²) < 4.78 is 10.5. The Morgan fingerprint density at radius 2 is 1.54 bits per heavy atom. The molecular formula is C27H42N4O6. The van der Waals surface area contributed by atoms with E-state index in [2.05, 4.69) is 21.3 Å². The highest BCUT2D eigenvalue weighted by molar-refractivity contribution is 6.38. The van der Waals surface area contributed by atoms with Crippen molar-refractivity contribution in [2.45, 2.75) is 90.4 Å². The second kappa shape index (κ2) is 15.1. The molecule has 2 unspecified atom stereocenters. The molecule has 206 valence electrons. The molecule has 0 aromatic heterocycles. The van der Waals surface area contributed by atoms with Crippen LogP contribution in [0.2, 0.25) is 0 Å². The van der Waals surface area contributed by atoms with E-state index in [4.69, 9.17) is 9.47 Å². The second-order valence-electron chi connectivity index (χ2n) is 9.87. The van der Waals surface area contributed by atoms with Crippen molar-refractivity contribution in [3.8, 4) is 11.5 Å². The lowest BCUT2D eigenvalue weighted by Crippen LogP contribution is -2.56. The normalized spacial score (nSPS) is 15.3. The molecule has 4 N–H and O–H groups in total. The van der Waals surface area contributed by atoms with Gasteiger partial charge in [-0.25, -0.2) is 4.79 Å². The number of ether oxygens (including phenoxy) is 2. The monoisotopic (exact) mass is 518 g/mol. The highest BCUT2D eigenvalue weighted by atomic mass is 16.5. The number of rotatable bonds is 13. The molecule has 10 heteroatoms. The van der Waals surface area contributed by atoms with E-state index in [1.807, 2.05) is 13.8 Å². The smallest absolute Gasteiger partial charge is 0.315 e. The zero-order valence-corrected chi connectivity index (χ0v) is 22.6. The van der Waals surface area contributed by atoms with Crippen molar-refractivity contribution < 1.29 is 28.7 Å². The third-order valence-corrected chi connectivity index (χ3v) is 6.40. The van der Waals surface area contributed by atoms with Crippen LogP contribution in [0.1, 0.15) is 71.3 Å². The summed E-state index contributed by atoms with van der Waals surface area (Å²) in [7, 11) is 3.05. The number of urea groups is 1. The first kappa shape index (κ1) is 29.9. The molecule has 37 heavy (non-hydrogen) atoms. The molecule has 0 spiro atoms. The maximum absolute atomic E-state index is 13.1. The number of amides is 4.